The van der Waals surface area contributed by atoms with Gasteiger partial charge in [-0.2, -0.15) is 0 Å². The van der Waals surface area contributed by atoms with Crippen LogP contribution in [-0.4, -0.2) is 33.3 Å². The van der Waals surface area contributed by atoms with Crippen LogP contribution in [0.3, 0.4) is 0 Å². The van der Waals surface area contributed by atoms with E-state index in [0.29, 0.717) is 16.6 Å². The number of aliphatic hydroxyl groups is 1. The molecule has 0 radical (unpaired) electrons. The smallest absolute Gasteiger partial charge is 0.242 e. The molecule has 0 fully saturated rings. The van der Waals surface area contributed by atoms with Gasteiger partial charge < -0.3 is 9.84 Å². The second-order valence-electron chi connectivity index (χ2n) is 3.90. The number of nitrogens with one attached hydrogen (secondary N) is 1. The molecule has 0 aliphatic carbocycles. The van der Waals surface area contributed by atoms with E-state index in [4.69, 9.17) is 9.84 Å². The molecule has 0 aliphatic heterocycles. The number of halogens is 1. The molecule has 1 rings (SSSR count). The number of sulfonamides is 1. The zero-order valence-electron chi connectivity index (χ0n) is 10.2. The van der Waals surface area contributed by atoms with Crippen molar-refractivity contribution in [3.8, 4) is 0 Å². The fourth-order valence-electron chi connectivity index (χ4n) is 1.47. The number of benzene rings is 1. The van der Waals surface area contributed by atoms with E-state index in [0.717, 1.165) is 0 Å². The van der Waals surface area contributed by atoms with Crippen molar-refractivity contribution in [1.29, 1.82) is 0 Å². The van der Waals surface area contributed by atoms with Crippen LogP contribution in [0.15, 0.2) is 27.6 Å². The maximum Gasteiger partial charge on any atom is 0.242 e. The zero-order valence-corrected chi connectivity index (χ0v) is 12.6. The molecule has 0 spiro atoms. The van der Waals surface area contributed by atoms with Crippen LogP contribution >= 0.6 is 15.9 Å². The van der Waals surface area contributed by atoms with Crippen LogP contribution in [-0.2, 0) is 21.4 Å². The van der Waals surface area contributed by atoms with Crippen molar-refractivity contribution < 1.29 is 18.3 Å². The van der Waals surface area contributed by atoms with Crippen molar-refractivity contribution >= 4 is 26.0 Å². The van der Waals surface area contributed by atoms with Gasteiger partial charge in [0.1, 0.15) is 0 Å². The second-order valence-corrected chi connectivity index (χ2v) is 6.44. The SMILES string of the molecule is COCC(C)NS(=O)(=O)c1ccc(CO)cc1Br. The van der Waals surface area contributed by atoms with Gasteiger partial charge in [-0.25, -0.2) is 13.1 Å². The molecule has 1 aromatic rings. The third-order valence-corrected chi connectivity index (χ3v) is 4.81. The van der Waals surface area contributed by atoms with Gasteiger partial charge in [-0.05, 0) is 40.5 Å². The molecule has 1 atom stereocenters. The average Bonchev–Trinajstić information content (AvgIpc) is 2.27. The van der Waals surface area contributed by atoms with Crippen molar-refractivity contribution in [1.82, 2.24) is 4.72 Å². The number of hydrogen-bond donors (Lipinski definition) is 2. The van der Waals surface area contributed by atoms with E-state index < -0.39 is 10.0 Å². The minimum absolute atomic E-state index is 0.133. The number of methoxy groups -OCH3 is 1. The zero-order chi connectivity index (χ0) is 13.8. The van der Waals surface area contributed by atoms with Gasteiger partial charge in [-0.1, -0.05) is 6.07 Å². The van der Waals surface area contributed by atoms with Gasteiger partial charge in [0.05, 0.1) is 18.1 Å². The third kappa shape index (κ3) is 4.03. The van der Waals surface area contributed by atoms with E-state index in [2.05, 4.69) is 20.7 Å². The highest BCUT2D eigenvalue weighted by atomic mass is 79.9. The second kappa shape index (κ2) is 6.63. The Morgan fingerprint density at radius 2 is 2.17 bits per heavy atom. The molecule has 102 valence electrons. The molecule has 0 saturated carbocycles. The van der Waals surface area contributed by atoms with Gasteiger partial charge in [0.2, 0.25) is 10.0 Å². The molecule has 0 bridgehead atoms. The molecular weight excluding hydrogens is 322 g/mol. The Labute approximate surface area is 115 Å². The summed E-state index contributed by atoms with van der Waals surface area (Å²) >= 11 is 3.19. The Bertz CT molecular complexity index is 504. The molecule has 7 heteroatoms. The van der Waals surface area contributed by atoms with Gasteiger partial charge in [0.15, 0.2) is 0 Å². The van der Waals surface area contributed by atoms with Gasteiger partial charge in [-0.15, -0.1) is 0 Å². The van der Waals surface area contributed by atoms with Gasteiger partial charge in [0.25, 0.3) is 0 Å². The van der Waals surface area contributed by atoms with Gasteiger partial charge >= 0.3 is 0 Å². The molecule has 5 nitrogen and oxygen atoms in total. The summed E-state index contributed by atoms with van der Waals surface area (Å²) in [6.45, 7) is 1.88. The first kappa shape index (κ1) is 15.6. The molecular formula is C11H16BrNO4S. The molecule has 0 amide bonds. The summed E-state index contributed by atoms with van der Waals surface area (Å²) in [6.07, 6.45) is 0. The molecule has 18 heavy (non-hydrogen) atoms. The molecule has 0 saturated heterocycles. The molecule has 0 aromatic heterocycles. The first-order valence-corrected chi connectivity index (χ1v) is 7.59. The summed E-state index contributed by atoms with van der Waals surface area (Å²) in [5.41, 5.74) is 0.644. The van der Waals surface area contributed by atoms with Crippen molar-refractivity contribution in [2.24, 2.45) is 0 Å². The summed E-state index contributed by atoms with van der Waals surface area (Å²) in [6, 6.07) is 4.29. The Balaban J connectivity index is 2.98. The number of hydrogen-bond acceptors (Lipinski definition) is 4. The highest BCUT2D eigenvalue weighted by molar-refractivity contribution is 9.10. The standard InChI is InChI=1S/C11H16BrNO4S/c1-8(7-17-2)13-18(15,16)11-4-3-9(6-14)5-10(11)12/h3-5,8,13-14H,6-7H2,1-2H3. The van der Waals surface area contributed by atoms with Crippen molar-refractivity contribution in [3.05, 3.63) is 28.2 Å². The summed E-state index contributed by atoms with van der Waals surface area (Å²) in [7, 11) is -2.09. The summed E-state index contributed by atoms with van der Waals surface area (Å²) < 4.78 is 32.0. The third-order valence-electron chi connectivity index (χ3n) is 2.24. The summed E-state index contributed by atoms with van der Waals surface area (Å²) in [5.74, 6) is 0. The van der Waals surface area contributed by atoms with Crippen molar-refractivity contribution in [2.75, 3.05) is 13.7 Å². The van der Waals surface area contributed by atoms with E-state index >= 15 is 0 Å². The minimum atomic E-state index is -3.60. The Morgan fingerprint density at radius 3 is 2.67 bits per heavy atom. The number of ether oxygens (including phenoxy) is 1. The first-order valence-electron chi connectivity index (χ1n) is 5.31. The largest absolute Gasteiger partial charge is 0.392 e. The Hall–Kier alpha value is -0.470. The van der Waals surface area contributed by atoms with Crippen LogP contribution in [0, 0.1) is 0 Å². The number of rotatable bonds is 6. The fourth-order valence-corrected chi connectivity index (χ4v) is 3.83. The Kier molecular flexibility index (Phi) is 5.74. The highest BCUT2D eigenvalue weighted by Crippen LogP contribution is 2.23. The molecule has 0 heterocycles. The van der Waals surface area contributed by atoms with Crippen molar-refractivity contribution in [3.63, 3.8) is 0 Å². The minimum Gasteiger partial charge on any atom is -0.392 e. The van der Waals surface area contributed by atoms with Gasteiger partial charge in [0, 0.05) is 17.6 Å². The fraction of sp³-hybridized carbons (Fsp3) is 0.455. The van der Waals surface area contributed by atoms with Crippen LogP contribution in [0.1, 0.15) is 12.5 Å². The van der Waals surface area contributed by atoms with E-state index in [9.17, 15) is 8.42 Å². The average molecular weight is 338 g/mol. The first-order chi connectivity index (χ1) is 8.40. The molecule has 1 unspecified atom stereocenters. The van der Waals surface area contributed by atoms with Crippen LogP contribution < -0.4 is 4.72 Å². The van der Waals surface area contributed by atoms with Crippen molar-refractivity contribution in [2.45, 2.75) is 24.5 Å². The Morgan fingerprint density at radius 1 is 1.50 bits per heavy atom. The van der Waals surface area contributed by atoms with E-state index in [1.54, 1.807) is 19.1 Å². The normalized spacial score (nSPS) is 13.6. The lowest BCUT2D eigenvalue weighted by molar-refractivity contribution is 0.180. The van der Waals surface area contributed by atoms with E-state index in [-0.39, 0.29) is 17.5 Å². The lowest BCUT2D eigenvalue weighted by Crippen LogP contribution is -2.35. The monoisotopic (exact) mass is 337 g/mol. The predicted molar refractivity (Wildman–Crippen MR) is 71.7 cm³/mol. The topological polar surface area (TPSA) is 75.6 Å². The lowest BCUT2D eigenvalue weighted by Gasteiger charge is -2.14. The maximum atomic E-state index is 12.1. The van der Waals surface area contributed by atoms with Crippen LogP contribution in [0.4, 0.5) is 0 Å². The van der Waals surface area contributed by atoms with E-state index in [1.165, 1.54) is 13.2 Å². The molecule has 0 aliphatic rings. The van der Waals surface area contributed by atoms with Gasteiger partial charge in [-0.3, -0.25) is 0 Å². The summed E-state index contributed by atoms with van der Waals surface area (Å²) in [5, 5.41) is 8.97. The maximum absolute atomic E-state index is 12.1. The predicted octanol–water partition coefficient (Wildman–Crippen LogP) is 1.25. The lowest BCUT2D eigenvalue weighted by atomic mass is 10.2. The van der Waals surface area contributed by atoms with E-state index in [1.807, 2.05) is 0 Å². The van der Waals surface area contributed by atoms with Crippen LogP contribution in [0.25, 0.3) is 0 Å². The quantitative estimate of drug-likeness (QED) is 0.819. The summed E-state index contributed by atoms with van der Waals surface area (Å²) in [4.78, 5) is 0.141. The molecule has 1 aromatic carbocycles. The van der Waals surface area contributed by atoms with Crippen LogP contribution in [0.2, 0.25) is 0 Å². The van der Waals surface area contributed by atoms with Crippen LogP contribution in [0.5, 0.6) is 0 Å². The molecule has 2 N–H and O–H groups in total. The highest BCUT2D eigenvalue weighted by Gasteiger charge is 2.20. The number of aliphatic hydroxyl groups excluding tert-OH is 1.